The maximum Gasteiger partial charge on any atom is 0.407 e. The van der Waals surface area contributed by atoms with Gasteiger partial charge in [-0.1, -0.05) is 11.8 Å². The molecule has 1 saturated heterocycles. The molecule has 1 aromatic rings. The fraction of sp³-hybridized carbons (Fsp3) is 0.500. The molecule has 13 heavy (non-hydrogen) atoms. The monoisotopic (exact) mass is 200 g/mol. The first-order chi connectivity index (χ1) is 6.34. The highest BCUT2D eigenvalue weighted by Crippen LogP contribution is 2.15. The highest BCUT2D eigenvalue weighted by atomic mass is 32.2. The van der Waals surface area contributed by atoms with Gasteiger partial charge in [-0.05, 0) is 0 Å². The largest absolute Gasteiger partial charge is 0.443 e. The number of hydrogen-bond donors (Lipinski definition) is 2. The number of aromatic amines is 1. The van der Waals surface area contributed by atoms with Crippen LogP contribution < -0.4 is 5.32 Å². The zero-order valence-corrected chi connectivity index (χ0v) is 7.50. The summed E-state index contributed by atoms with van der Waals surface area (Å²) in [5.41, 5.74) is 0. The summed E-state index contributed by atoms with van der Waals surface area (Å²) < 4.78 is 4.93. The predicted octanol–water partition coefficient (Wildman–Crippen LogP) is 0.00520. The Morgan fingerprint density at radius 2 is 2.69 bits per heavy atom. The van der Waals surface area contributed by atoms with Crippen molar-refractivity contribution in [3.05, 3.63) is 6.33 Å². The Labute approximate surface area is 78.5 Å². The van der Waals surface area contributed by atoms with E-state index in [1.54, 1.807) is 0 Å². The van der Waals surface area contributed by atoms with Gasteiger partial charge in [-0.25, -0.2) is 9.78 Å². The van der Waals surface area contributed by atoms with Crippen LogP contribution >= 0.6 is 11.8 Å². The van der Waals surface area contributed by atoms with Gasteiger partial charge in [0.15, 0.2) is 5.16 Å². The van der Waals surface area contributed by atoms with Crippen molar-refractivity contribution < 1.29 is 9.53 Å². The number of alkyl carbamates (subject to hydrolysis) is 1. The average Bonchev–Trinajstić information content (AvgIpc) is 2.71. The normalized spacial score (nSPS) is 21.2. The number of nitrogens with one attached hydrogen (secondary N) is 2. The minimum atomic E-state index is -0.344. The van der Waals surface area contributed by atoms with Crippen LogP contribution in [0.2, 0.25) is 0 Å². The molecule has 1 aliphatic rings. The van der Waals surface area contributed by atoms with Gasteiger partial charge in [-0.3, -0.25) is 5.10 Å². The molecule has 1 amide bonds. The third-order valence-corrected chi connectivity index (χ3v) is 2.56. The van der Waals surface area contributed by atoms with Gasteiger partial charge in [0.25, 0.3) is 0 Å². The molecule has 1 atom stereocenters. The lowest BCUT2D eigenvalue weighted by Gasteiger charge is -2.03. The summed E-state index contributed by atoms with van der Waals surface area (Å²) in [5, 5.41) is 9.73. The number of amides is 1. The molecule has 1 aliphatic heterocycles. The molecule has 7 heteroatoms. The van der Waals surface area contributed by atoms with Crippen molar-refractivity contribution in [1.82, 2.24) is 20.5 Å². The van der Waals surface area contributed by atoms with Crippen LogP contribution in [-0.2, 0) is 4.74 Å². The van der Waals surface area contributed by atoms with Crippen molar-refractivity contribution in [3.63, 3.8) is 0 Å². The van der Waals surface area contributed by atoms with Crippen LogP contribution in [0.1, 0.15) is 0 Å². The summed E-state index contributed by atoms with van der Waals surface area (Å²) in [5.74, 6) is 0.688. The molecule has 1 aromatic heterocycles. The standard InChI is InChI=1S/C6H8N4O2S/c11-6-7-1-4(12-6)2-13-5-8-3-9-10-5/h3-4H,1-2H2,(H,7,11)(H,8,9,10). The Balaban J connectivity index is 1.77. The topological polar surface area (TPSA) is 79.9 Å². The molecular weight excluding hydrogens is 192 g/mol. The van der Waals surface area contributed by atoms with Crippen LogP contribution in [0, 0.1) is 0 Å². The molecule has 6 nitrogen and oxygen atoms in total. The van der Waals surface area contributed by atoms with E-state index in [2.05, 4.69) is 20.5 Å². The van der Waals surface area contributed by atoms with E-state index in [1.807, 2.05) is 0 Å². The Hall–Kier alpha value is -1.24. The van der Waals surface area contributed by atoms with Gasteiger partial charge in [0.1, 0.15) is 12.4 Å². The average molecular weight is 200 g/mol. The van der Waals surface area contributed by atoms with E-state index in [-0.39, 0.29) is 12.2 Å². The van der Waals surface area contributed by atoms with Gasteiger partial charge < -0.3 is 10.1 Å². The third kappa shape index (κ3) is 2.11. The highest BCUT2D eigenvalue weighted by molar-refractivity contribution is 7.99. The molecule has 2 N–H and O–H groups in total. The number of rotatable bonds is 3. The number of thioether (sulfide) groups is 1. The van der Waals surface area contributed by atoms with E-state index in [9.17, 15) is 4.79 Å². The molecule has 2 rings (SSSR count). The van der Waals surface area contributed by atoms with Gasteiger partial charge >= 0.3 is 6.09 Å². The van der Waals surface area contributed by atoms with Gasteiger partial charge in [-0.15, -0.1) is 0 Å². The van der Waals surface area contributed by atoms with Gasteiger partial charge in [0.05, 0.1) is 6.54 Å². The van der Waals surface area contributed by atoms with Crippen molar-refractivity contribution in [2.24, 2.45) is 0 Å². The zero-order chi connectivity index (χ0) is 9.10. The Bertz CT molecular complexity index is 289. The Morgan fingerprint density at radius 1 is 1.77 bits per heavy atom. The minimum absolute atomic E-state index is 0.0670. The van der Waals surface area contributed by atoms with E-state index in [4.69, 9.17) is 4.74 Å². The van der Waals surface area contributed by atoms with Crippen molar-refractivity contribution in [2.75, 3.05) is 12.3 Å². The molecule has 1 fully saturated rings. The maximum atomic E-state index is 10.6. The van der Waals surface area contributed by atoms with Crippen LogP contribution in [0.4, 0.5) is 4.79 Å². The van der Waals surface area contributed by atoms with Crippen LogP contribution in [0.3, 0.4) is 0 Å². The predicted molar refractivity (Wildman–Crippen MR) is 45.4 cm³/mol. The van der Waals surface area contributed by atoms with Gasteiger partial charge in [0, 0.05) is 5.75 Å². The number of aromatic nitrogens is 3. The van der Waals surface area contributed by atoms with E-state index < -0.39 is 0 Å². The molecule has 0 spiro atoms. The number of nitrogens with zero attached hydrogens (tertiary/aromatic N) is 2. The number of carbonyl (C=O) groups is 1. The summed E-state index contributed by atoms with van der Waals surface area (Å²) in [6.07, 6.45) is 1.03. The quantitative estimate of drug-likeness (QED) is 0.671. The van der Waals surface area contributed by atoms with Crippen LogP contribution in [0.15, 0.2) is 11.5 Å². The van der Waals surface area contributed by atoms with Crippen molar-refractivity contribution in [2.45, 2.75) is 11.3 Å². The molecule has 1 unspecified atom stereocenters. The highest BCUT2D eigenvalue weighted by Gasteiger charge is 2.22. The Morgan fingerprint density at radius 3 is 3.31 bits per heavy atom. The summed E-state index contributed by atoms with van der Waals surface area (Å²) in [6, 6.07) is 0. The van der Waals surface area contributed by atoms with Crippen molar-refractivity contribution in [3.8, 4) is 0 Å². The van der Waals surface area contributed by atoms with Crippen LogP contribution in [0.5, 0.6) is 0 Å². The van der Waals surface area contributed by atoms with Crippen molar-refractivity contribution in [1.29, 1.82) is 0 Å². The summed E-state index contributed by atoms with van der Waals surface area (Å²) in [7, 11) is 0. The number of cyclic esters (lactones) is 1. The second-order valence-electron chi connectivity index (χ2n) is 2.51. The minimum Gasteiger partial charge on any atom is -0.443 e. The van der Waals surface area contributed by atoms with Gasteiger partial charge in [-0.2, -0.15) is 5.10 Å². The molecular formula is C6H8N4O2S. The third-order valence-electron chi connectivity index (χ3n) is 1.55. The number of H-pyrrole nitrogens is 1. The summed E-state index contributed by atoms with van der Waals surface area (Å²) >= 11 is 1.48. The van der Waals surface area contributed by atoms with Gasteiger partial charge in [0.2, 0.25) is 0 Å². The van der Waals surface area contributed by atoms with E-state index in [0.717, 1.165) is 5.16 Å². The number of hydrogen-bond acceptors (Lipinski definition) is 5. The molecule has 0 aromatic carbocycles. The SMILES string of the molecule is O=C1NCC(CSc2ncn[nH]2)O1. The maximum absolute atomic E-state index is 10.6. The first kappa shape index (κ1) is 8.36. The smallest absolute Gasteiger partial charge is 0.407 e. The first-order valence-corrected chi connectivity index (χ1v) is 4.76. The fourth-order valence-electron chi connectivity index (χ4n) is 0.961. The van der Waals surface area contributed by atoms with E-state index in [0.29, 0.717) is 12.3 Å². The summed E-state index contributed by atoms with van der Waals surface area (Å²) in [4.78, 5) is 14.6. The summed E-state index contributed by atoms with van der Waals surface area (Å²) in [6.45, 7) is 0.569. The number of carbonyl (C=O) groups excluding carboxylic acids is 1. The van der Waals surface area contributed by atoms with Crippen LogP contribution in [0.25, 0.3) is 0 Å². The Kier molecular flexibility index (Phi) is 2.35. The van der Waals surface area contributed by atoms with E-state index in [1.165, 1.54) is 18.1 Å². The second kappa shape index (κ2) is 3.65. The molecule has 0 radical (unpaired) electrons. The lowest BCUT2D eigenvalue weighted by Crippen LogP contribution is -2.16. The molecule has 0 bridgehead atoms. The molecule has 0 aliphatic carbocycles. The number of ether oxygens (including phenoxy) is 1. The van der Waals surface area contributed by atoms with Crippen LogP contribution in [-0.4, -0.2) is 39.7 Å². The molecule has 70 valence electrons. The first-order valence-electron chi connectivity index (χ1n) is 3.77. The van der Waals surface area contributed by atoms with E-state index >= 15 is 0 Å². The second-order valence-corrected chi connectivity index (χ2v) is 3.52. The lowest BCUT2D eigenvalue weighted by molar-refractivity contribution is 0.150. The lowest BCUT2D eigenvalue weighted by atomic mass is 10.4. The molecule has 0 saturated carbocycles. The van der Waals surface area contributed by atoms with Crippen molar-refractivity contribution >= 4 is 17.9 Å². The zero-order valence-electron chi connectivity index (χ0n) is 6.69. The fourth-order valence-corrected chi connectivity index (χ4v) is 1.73. The molecule has 2 heterocycles.